The van der Waals surface area contributed by atoms with Crippen molar-refractivity contribution in [2.45, 2.75) is 17.4 Å². The van der Waals surface area contributed by atoms with Crippen molar-refractivity contribution in [1.82, 2.24) is 4.57 Å². The Bertz CT molecular complexity index is 1320. The molecule has 0 radical (unpaired) electrons. The van der Waals surface area contributed by atoms with E-state index in [1.165, 1.54) is 45.6 Å². The van der Waals surface area contributed by atoms with Crippen molar-refractivity contribution in [3.8, 4) is 17.2 Å². The number of benzene rings is 2. The summed E-state index contributed by atoms with van der Waals surface area (Å²) >= 11 is 0. The lowest BCUT2D eigenvalue weighted by molar-refractivity contribution is -0.140. The lowest BCUT2D eigenvalue weighted by Crippen LogP contribution is -2.42. The molecule has 1 atom stereocenters. The van der Waals surface area contributed by atoms with Gasteiger partial charge in [0.25, 0.3) is 10.0 Å². The van der Waals surface area contributed by atoms with Gasteiger partial charge in [-0.1, -0.05) is 0 Å². The van der Waals surface area contributed by atoms with Gasteiger partial charge < -0.3 is 29.6 Å². The number of hydrogen-bond donors (Lipinski definition) is 2. The van der Waals surface area contributed by atoms with E-state index in [4.69, 9.17) is 25.1 Å². The Morgan fingerprint density at radius 2 is 1.68 bits per heavy atom. The fourth-order valence-corrected chi connectivity index (χ4v) is 4.94. The number of nitrogens with zero attached hydrogens (tertiary/aromatic N) is 2. The molecule has 0 spiro atoms. The molecule has 12 heteroatoms. The lowest BCUT2D eigenvalue weighted by atomic mass is 10.2. The number of ether oxygens (including phenoxy) is 3. The van der Waals surface area contributed by atoms with E-state index in [1.807, 2.05) is 11.6 Å². The molecule has 0 aliphatic carbocycles. The van der Waals surface area contributed by atoms with Crippen LogP contribution in [0.15, 0.2) is 47.5 Å². The number of carboxylic acids is 1. The van der Waals surface area contributed by atoms with Crippen LogP contribution in [-0.2, 0) is 26.7 Å². The average molecular weight is 492 g/mol. The predicted octanol–water partition coefficient (Wildman–Crippen LogP) is 1.73. The summed E-state index contributed by atoms with van der Waals surface area (Å²) in [5.74, 6) is -2.10. The Labute approximate surface area is 196 Å². The molecule has 3 aromatic rings. The van der Waals surface area contributed by atoms with Crippen LogP contribution in [0.25, 0.3) is 10.9 Å². The summed E-state index contributed by atoms with van der Waals surface area (Å²) < 4.78 is 45.6. The van der Waals surface area contributed by atoms with Crippen LogP contribution in [0, 0.1) is 0 Å². The number of fused-ring (bicyclic) bond motifs is 1. The second-order valence-electron chi connectivity index (χ2n) is 7.34. The lowest BCUT2D eigenvalue weighted by Gasteiger charge is -2.25. The van der Waals surface area contributed by atoms with E-state index in [-0.39, 0.29) is 27.8 Å². The molecular weight excluding hydrogens is 466 g/mol. The monoisotopic (exact) mass is 491 g/mol. The molecule has 0 bridgehead atoms. The van der Waals surface area contributed by atoms with E-state index in [0.717, 1.165) is 5.52 Å². The van der Waals surface area contributed by atoms with Crippen molar-refractivity contribution in [1.29, 1.82) is 0 Å². The summed E-state index contributed by atoms with van der Waals surface area (Å²) in [5.41, 5.74) is 6.19. The molecule has 1 heterocycles. The van der Waals surface area contributed by atoms with Gasteiger partial charge in [0.2, 0.25) is 11.7 Å². The number of rotatable bonds is 9. The molecule has 0 saturated carbocycles. The number of amides is 1. The van der Waals surface area contributed by atoms with Crippen LogP contribution in [0.5, 0.6) is 17.2 Å². The minimum atomic E-state index is -4.50. The molecule has 0 aliphatic rings. The first-order chi connectivity index (χ1) is 16.0. The number of hydrogen-bond acceptors (Lipinski definition) is 8. The van der Waals surface area contributed by atoms with Crippen LogP contribution in [0.1, 0.15) is 6.42 Å². The van der Waals surface area contributed by atoms with Gasteiger partial charge in [-0.05, 0) is 24.3 Å². The number of carbonyl (C=O) groups excluding carboxylic acids is 1. The van der Waals surface area contributed by atoms with E-state index in [9.17, 15) is 18.0 Å². The standard InChI is InChI=1S/C22H25N3O8S/c1-24-8-7-13-9-15(5-6-17(13)24)34(29,30)25(20(26)12-16(23)22(27)28)14-10-18(31-2)21(33-4)19(11-14)32-3/h5-11,16H,12,23H2,1-4H3,(H,27,28). The van der Waals surface area contributed by atoms with Crippen molar-refractivity contribution in [2.75, 3.05) is 25.6 Å². The van der Waals surface area contributed by atoms with Crippen molar-refractivity contribution < 1.29 is 37.3 Å². The van der Waals surface area contributed by atoms with Crippen LogP contribution >= 0.6 is 0 Å². The number of carboxylic acid groups (broad SMARTS) is 1. The van der Waals surface area contributed by atoms with Gasteiger partial charge in [-0.25, -0.2) is 12.7 Å². The van der Waals surface area contributed by atoms with Crippen LogP contribution in [0.2, 0.25) is 0 Å². The van der Waals surface area contributed by atoms with E-state index in [0.29, 0.717) is 9.69 Å². The Kier molecular flexibility index (Phi) is 7.03. The van der Waals surface area contributed by atoms with Gasteiger partial charge in [0.05, 0.1) is 38.3 Å². The first kappa shape index (κ1) is 24.9. The zero-order valence-electron chi connectivity index (χ0n) is 19.0. The molecular formula is C22H25N3O8S. The van der Waals surface area contributed by atoms with Gasteiger partial charge in [-0.3, -0.25) is 9.59 Å². The van der Waals surface area contributed by atoms with Crippen LogP contribution in [-0.4, -0.2) is 57.3 Å². The summed E-state index contributed by atoms with van der Waals surface area (Å²) in [5, 5.41) is 9.79. The third-order valence-corrected chi connectivity index (χ3v) is 6.96. The van der Waals surface area contributed by atoms with Gasteiger partial charge in [0, 0.05) is 36.3 Å². The summed E-state index contributed by atoms with van der Waals surface area (Å²) in [4.78, 5) is 24.3. The molecule has 182 valence electrons. The fraction of sp³-hybridized carbons (Fsp3) is 0.273. The zero-order chi connectivity index (χ0) is 25.2. The van der Waals surface area contributed by atoms with Crippen LogP contribution < -0.4 is 24.2 Å². The van der Waals surface area contributed by atoms with Gasteiger partial charge >= 0.3 is 5.97 Å². The van der Waals surface area contributed by atoms with E-state index in [2.05, 4.69) is 0 Å². The Morgan fingerprint density at radius 3 is 2.21 bits per heavy atom. The van der Waals surface area contributed by atoms with Crippen LogP contribution in [0.4, 0.5) is 5.69 Å². The SMILES string of the molecule is COc1cc(N(C(=O)CC(N)C(=O)O)S(=O)(=O)c2ccc3c(ccn3C)c2)cc(OC)c1OC. The third-order valence-electron chi connectivity index (χ3n) is 5.22. The summed E-state index contributed by atoms with van der Waals surface area (Å²) in [7, 11) is 1.37. The molecule has 1 amide bonds. The quantitative estimate of drug-likeness (QED) is 0.456. The molecule has 0 saturated heterocycles. The van der Waals surface area contributed by atoms with Gasteiger partial charge in [-0.2, -0.15) is 0 Å². The molecule has 1 aromatic heterocycles. The van der Waals surface area contributed by atoms with Crippen molar-refractivity contribution in [2.24, 2.45) is 12.8 Å². The minimum Gasteiger partial charge on any atom is -0.493 e. The second kappa shape index (κ2) is 9.61. The number of sulfonamides is 1. The second-order valence-corrected chi connectivity index (χ2v) is 9.13. The van der Waals surface area contributed by atoms with Crippen molar-refractivity contribution >= 4 is 38.5 Å². The average Bonchev–Trinajstić information content (AvgIpc) is 3.18. The highest BCUT2D eigenvalue weighted by atomic mass is 32.2. The Balaban J connectivity index is 2.22. The first-order valence-electron chi connectivity index (χ1n) is 9.96. The normalized spacial score (nSPS) is 12.3. The molecule has 34 heavy (non-hydrogen) atoms. The largest absolute Gasteiger partial charge is 0.493 e. The van der Waals surface area contributed by atoms with E-state index >= 15 is 0 Å². The smallest absolute Gasteiger partial charge is 0.321 e. The number of aliphatic carboxylic acids is 1. The number of carbonyl (C=O) groups is 2. The predicted molar refractivity (Wildman–Crippen MR) is 124 cm³/mol. The van der Waals surface area contributed by atoms with Gasteiger partial charge in [0.15, 0.2) is 11.5 Å². The Morgan fingerprint density at radius 1 is 1.06 bits per heavy atom. The Hall–Kier alpha value is -3.77. The third kappa shape index (κ3) is 4.50. The highest BCUT2D eigenvalue weighted by Crippen LogP contribution is 2.42. The fourth-order valence-electron chi connectivity index (χ4n) is 3.49. The topological polar surface area (TPSA) is 150 Å². The van der Waals surface area contributed by atoms with Gasteiger partial charge in [0.1, 0.15) is 6.04 Å². The summed E-state index contributed by atoms with van der Waals surface area (Å²) in [6, 6.07) is 7.11. The van der Waals surface area contributed by atoms with Crippen LogP contribution in [0.3, 0.4) is 0 Å². The molecule has 0 aliphatic heterocycles. The summed E-state index contributed by atoms with van der Waals surface area (Å²) in [6.45, 7) is 0. The van der Waals surface area contributed by atoms with Crippen molar-refractivity contribution in [3.05, 3.63) is 42.6 Å². The number of anilines is 1. The molecule has 0 fully saturated rings. The van der Waals surface area contributed by atoms with E-state index in [1.54, 1.807) is 18.3 Å². The zero-order valence-corrected chi connectivity index (χ0v) is 19.8. The molecule has 3 N–H and O–H groups in total. The molecule has 1 unspecified atom stereocenters. The maximum atomic E-state index is 13.7. The maximum Gasteiger partial charge on any atom is 0.321 e. The highest BCUT2D eigenvalue weighted by Gasteiger charge is 2.34. The number of methoxy groups -OCH3 is 3. The maximum absolute atomic E-state index is 13.7. The minimum absolute atomic E-state index is 0.103. The highest BCUT2D eigenvalue weighted by molar-refractivity contribution is 7.93. The first-order valence-corrected chi connectivity index (χ1v) is 11.4. The molecule has 2 aromatic carbocycles. The summed E-state index contributed by atoms with van der Waals surface area (Å²) in [6.07, 6.45) is 1.01. The van der Waals surface area contributed by atoms with Gasteiger partial charge in [-0.15, -0.1) is 0 Å². The molecule has 3 rings (SSSR count). The number of aryl methyl sites for hydroxylation is 1. The van der Waals surface area contributed by atoms with E-state index < -0.39 is 34.4 Å². The molecule has 11 nitrogen and oxygen atoms in total. The number of nitrogens with two attached hydrogens (primary N) is 1. The number of aromatic nitrogens is 1. The van der Waals surface area contributed by atoms with Crippen molar-refractivity contribution in [3.63, 3.8) is 0 Å².